The molecular formula is C23H39N5O2. The minimum Gasteiger partial charge on any atom is -0.370 e. The fourth-order valence-corrected chi connectivity index (χ4v) is 3.36. The van der Waals surface area contributed by atoms with E-state index in [2.05, 4.69) is 17.2 Å². The maximum atomic E-state index is 13.0. The number of Topliss-reactive ketones (excluding diaryl/α,β-unsaturated/α-hetero) is 1. The van der Waals surface area contributed by atoms with Gasteiger partial charge in [-0.05, 0) is 19.3 Å². The van der Waals surface area contributed by atoms with Crippen molar-refractivity contribution in [2.24, 2.45) is 22.2 Å². The van der Waals surface area contributed by atoms with Crippen LogP contribution in [0.5, 0.6) is 0 Å². The number of amides is 1. The second kappa shape index (κ2) is 14.6. The Kier molecular flexibility index (Phi) is 12.4. The standard InChI is InChI=1S/C23H39N5O2/c1-2-3-4-5-6-7-8-12-17-27-21(30)23(26,16-13-18-28-22(24)25)20(29)19-14-10-9-11-15-19/h9-11,14-15H,2-8,12-13,16-18,26H2,1H3,(H,27,30)(H4,24,25,28)/t23-/m1/s1. The topological polar surface area (TPSA) is 137 Å². The number of carbonyl (C=O) groups excluding carboxylic acids is 2. The largest absolute Gasteiger partial charge is 0.370 e. The number of guanidine groups is 1. The first-order valence-corrected chi connectivity index (χ1v) is 11.1. The van der Waals surface area contributed by atoms with Gasteiger partial charge in [-0.15, -0.1) is 0 Å². The van der Waals surface area contributed by atoms with Crippen LogP contribution in [0.1, 0.15) is 81.5 Å². The molecule has 0 aliphatic carbocycles. The lowest BCUT2D eigenvalue weighted by molar-refractivity contribution is -0.125. The van der Waals surface area contributed by atoms with E-state index in [1.165, 1.54) is 32.1 Å². The summed E-state index contributed by atoms with van der Waals surface area (Å²) in [6.45, 7) is 3.04. The summed E-state index contributed by atoms with van der Waals surface area (Å²) in [6.07, 6.45) is 10.0. The summed E-state index contributed by atoms with van der Waals surface area (Å²) in [4.78, 5) is 29.8. The lowest BCUT2D eigenvalue weighted by atomic mass is 9.85. The zero-order chi connectivity index (χ0) is 22.2. The molecule has 0 aliphatic heterocycles. The van der Waals surface area contributed by atoms with E-state index in [4.69, 9.17) is 17.2 Å². The molecule has 1 amide bonds. The summed E-state index contributed by atoms with van der Waals surface area (Å²) < 4.78 is 0. The third-order valence-electron chi connectivity index (χ3n) is 5.19. The number of rotatable bonds is 16. The highest BCUT2D eigenvalue weighted by molar-refractivity contribution is 6.17. The molecule has 1 rings (SSSR count). The molecule has 0 heterocycles. The van der Waals surface area contributed by atoms with Crippen molar-refractivity contribution in [1.82, 2.24) is 5.32 Å². The summed E-state index contributed by atoms with van der Waals surface area (Å²) in [6, 6.07) is 8.67. The third kappa shape index (κ3) is 9.39. The van der Waals surface area contributed by atoms with Gasteiger partial charge in [-0.25, -0.2) is 0 Å². The van der Waals surface area contributed by atoms with Crippen LogP contribution >= 0.6 is 0 Å². The maximum absolute atomic E-state index is 13.0. The fraction of sp³-hybridized carbons (Fsp3) is 0.609. The molecule has 0 spiro atoms. The number of hydrogen-bond acceptors (Lipinski definition) is 4. The van der Waals surface area contributed by atoms with Gasteiger partial charge in [0.1, 0.15) is 0 Å². The zero-order valence-electron chi connectivity index (χ0n) is 18.4. The van der Waals surface area contributed by atoms with Crippen molar-refractivity contribution < 1.29 is 9.59 Å². The number of hydrogen-bond donors (Lipinski definition) is 4. The first-order valence-electron chi connectivity index (χ1n) is 11.1. The SMILES string of the molecule is CCCCCCCCCCNC(=O)[C@@](N)(CCCN=C(N)N)C(=O)c1ccccc1. The second-order valence-electron chi connectivity index (χ2n) is 7.81. The average molecular weight is 418 g/mol. The Labute approximate surface area is 180 Å². The molecule has 7 nitrogen and oxygen atoms in total. The monoisotopic (exact) mass is 417 g/mol. The molecular weight excluding hydrogens is 378 g/mol. The van der Waals surface area contributed by atoms with Crippen molar-refractivity contribution in [2.45, 2.75) is 76.7 Å². The summed E-state index contributed by atoms with van der Waals surface area (Å²) in [5, 5.41) is 2.86. The molecule has 168 valence electrons. The van der Waals surface area contributed by atoms with E-state index in [9.17, 15) is 9.59 Å². The molecule has 0 aromatic heterocycles. The van der Waals surface area contributed by atoms with Crippen LogP contribution in [0.15, 0.2) is 35.3 Å². The van der Waals surface area contributed by atoms with E-state index < -0.39 is 11.4 Å². The van der Waals surface area contributed by atoms with Crippen LogP contribution < -0.4 is 22.5 Å². The molecule has 0 aliphatic rings. The lowest BCUT2D eigenvalue weighted by Crippen LogP contribution is -2.59. The van der Waals surface area contributed by atoms with Crippen LogP contribution in [0.2, 0.25) is 0 Å². The average Bonchev–Trinajstić information content (AvgIpc) is 2.75. The third-order valence-corrected chi connectivity index (χ3v) is 5.19. The van der Waals surface area contributed by atoms with Crippen molar-refractivity contribution >= 4 is 17.6 Å². The highest BCUT2D eigenvalue weighted by atomic mass is 16.2. The van der Waals surface area contributed by atoms with Crippen LogP contribution in [-0.4, -0.2) is 36.3 Å². The second-order valence-corrected chi connectivity index (χ2v) is 7.81. The molecule has 0 unspecified atom stereocenters. The minimum absolute atomic E-state index is 0.0221. The van der Waals surface area contributed by atoms with Crippen molar-refractivity contribution in [3.05, 3.63) is 35.9 Å². The van der Waals surface area contributed by atoms with Crippen LogP contribution in [-0.2, 0) is 4.79 Å². The Hall–Kier alpha value is -2.41. The first-order chi connectivity index (χ1) is 14.4. The molecule has 30 heavy (non-hydrogen) atoms. The number of ketones is 1. The molecule has 0 fully saturated rings. The molecule has 1 aromatic carbocycles. The molecule has 0 radical (unpaired) electrons. The van der Waals surface area contributed by atoms with Gasteiger partial charge in [0, 0.05) is 18.7 Å². The Bertz CT molecular complexity index is 659. The summed E-state index contributed by atoms with van der Waals surface area (Å²) in [7, 11) is 0. The Morgan fingerprint density at radius 1 is 0.933 bits per heavy atom. The lowest BCUT2D eigenvalue weighted by Gasteiger charge is -2.27. The Balaban J connectivity index is 2.57. The van der Waals surface area contributed by atoms with Crippen LogP contribution in [0.4, 0.5) is 0 Å². The van der Waals surface area contributed by atoms with Gasteiger partial charge >= 0.3 is 0 Å². The van der Waals surface area contributed by atoms with Crippen molar-refractivity contribution in [3.63, 3.8) is 0 Å². The number of benzene rings is 1. The quantitative estimate of drug-likeness (QED) is 0.108. The van der Waals surface area contributed by atoms with Gasteiger partial charge in [0.2, 0.25) is 5.91 Å². The number of aliphatic imine (C=N–C) groups is 1. The summed E-state index contributed by atoms with van der Waals surface area (Å²) >= 11 is 0. The smallest absolute Gasteiger partial charge is 0.248 e. The number of nitrogens with zero attached hydrogens (tertiary/aromatic N) is 1. The van der Waals surface area contributed by atoms with E-state index in [-0.39, 0.29) is 18.2 Å². The molecule has 1 aromatic rings. The molecule has 0 saturated carbocycles. The Morgan fingerprint density at radius 3 is 2.13 bits per heavy atom. The zero-order valence-corrected chi connectivity index (χ0v) is 18.4. The van der Waals surface area contributed by atoms with Crippen LogP contribution in [0.3, 0.4) is 0 Å². The van der Waals surface area contributed by atoms with E-state index >= 15 is 0 Å². The maximum Gasteiger partial charge on any atom is 0.248 e. The van der Waals surface area contributed by atoms with E-state index in [0.717, 1.165) is 19.3 Å². The van der Waals surface area contributed by atoms with E-state index in [0.29, 0.717) is 25.1 Å². The van der Waals surface area contributed by atoms with E-state index in [1.807, 2.05) is 6.07 Å². The molecule has 7 heteroatoms. The van der Waals surface area contributed by atoms with Gasteiger partial charge in [0.15, 0.2) is 17.3 Å². The number of carbonyl (C=O) groups is 2. The van der Waals surface area contributed by atoms with Crippen LogP contribution in [0.25, 0.3) is 0 Å². The van der Waals surface area contributed by atoms with Gasteiger partial charge in [-0.3, -0.25) is 14.6 Å². The first kappa shape index (κ1) is 25.6. The predicted molar refractivity (Wildman–Crippen MR) is 123 cm³/mol. The molecule has 0 saturated heterocycles. The predicted octanol–water partition coefficient (Wildman–Crippen LogP) is 2.88. The van der Waals surface area contributed by atoms with Gasteiger partial charge in [-0.2, -0.15) is 0 Å². The van der Waals surface area contributed by atoms with Gasteiger partial charge in [0.05, 0.1) is 0 Å². The van der Waals surface area contributed by atoms with Gasteiger partial charge in [0.25, 0.3) is 0 Å². The molecule has 0 bridgehead atoms. The number of nitrogens with two attached hydrogens (primary N) is 3. The number of unbranched alkanes of at least 4 members (excludes halogenated alkanes) is 7. The summed E-state index contributed by atoms with van der Waals surface area (Å²) in [5.41, 5.74) is 15.8. The minimum atomic E-state index is -1.64. The van der Waals surface area contributed by atoms with Gasteiger partial charge < -0.3 is 22.5 Å². The highest BCUT2D eigenvalue weighted by Crippen LogP contribution is 2.18. The number of nitrogens with one attached hydrogen (secondary N) is 1. The van der Waals surface area contributed by atoms with Gasteiger partial charge in [-0.1, -0.05) is 82.2 Å². The molecule has 1 atom stereocenters. The van der Waals surface area contributed by atoms with Crippen molar-refractivity contribution in [2.75, 3.05) is 13.1 Å². The summed E-state index contributed by atoms with van der Waals surface area (Å²) in [5.74, 6) is -0.851. The molecule has 7 N–H and O–H groups in total. The normalized spacial score (nSPS) is 12.7. The van der Waals surface area contributed by atoms with Crippen molar-refractivity contribution in [1.29, 1.82) is 0 Å². The highest BCUT2D eigenvalue weighted by Gasteiger charge is 2.41. The van der Waals surface area contributed by atoms with E-state index in [1.54, 1.807) is 24.3 Å². The fourth-order valence-electron chi connectivity index (χ4n) is 3.36. The van der Waals surface area contributed by atoms with Crippen LogP contribution in [0, 0.1) is 0 Å². The van der Waals surface area contributed by atoms with Crippen molar-refractivity contribution in [3.8, 4) is 0 Å². The Morgan fingerprint density at radius 2 is 1.53 bits per heavy atom.